The van der Waals surface area contributed by atoms with Gasteiger partial charge in [-0.2, -0.15) is 4.98 Å². The first-order valence-electron chi connectivity index (χ1n) is 6.67. The Morgan fingerprint density at radius 1 is 1.53 bits per heavy atom. The number of nitrogens with one attached hydrogen (secondary N) is 1. The monoisotopic (exact) mass is 265 g/mol. The zero-order valence-electron chi connectivity index (χ0n) is 12.0. The maximum absolute atomic E-state index is 5.68. The van der Waals surface area contributed by atoms with Crippen molar-refractivity contribution in [2.24, 2.45) is 5.92 Å². The van der Waals surface area contributed by atoms with Crippen LogP contribution >= 0.6 is 0 Å². The second-order valence-corrected chi connectivity index (χ2v) is 5.14. The SMILES string of the molecule is CNc1ccnc(N2CCOCC(CN(C)C)C2)n1. The third-order valence-electron chi connectivity index (χ3n) is 3.14. The molecule has 2 heterocycles. The molecular formula is C13H23N5O. The lowest BCUT2D eigenvalue weighted by Crippen LogP contribution is -2.35. The molecule has 1 saturated heterocycles. The molecule has 1 fully saturated rings. The van der Waals surface area contributed by atoms with E-state index in [9.17, 15) is 0 Å². The van der Waals surface area contributed by atoms with E-state index in [0.717, 1.165) is 44.6 Å². The molecule has 19 heavy (non-hydrogen) atoms. The molecule has 1 N–H and O–H groups in total. The first-order chi connectivity index (χ1) is 9.19. The molecule has 1 aliphatic rings. The Hall–Kier alpha value is -1.40. The fourth-order valence-electron chi connectivity index (χ4n) is 2.33. The zero-order valence-corrected chi connectivity index (χ0v) is 12.0. The summed E-state index contributed by atoms with van der Waals surface area (Å²) >= 11 is 0. The highest BCUT2D eigenvalue weighted by atomic mass is 16.5. The van der Waals surface area contributed by atoms with Gasteiger partial charge in [0.25, 0.3) is 0 Å². The molecule has 2 rings (SSSR count). The molecule has 1 atom stereocenters. The summed E-state index contributed by atoms with van der Waals surface area (Å²) in [5.74, 6) is 2.11. The topological polar surface area (TPSA) is 53.5 Å². The minimum atomic E-state index is 0.486. The summed E-state index contributed by atoms with van der Waals surface area (Å²) in [4.78, 5) is 13.3. The standard InChI is InChI=1S/C13H23N5O/c1-14-12-4-5-15-13(16-12)18-6-7-19-10-11(9-18)8-17(2)3/h4-5,11H,6-10H2,1-3H3,(H,14,15,16). The van der Waals surface area contributed by atoms with E-state index >= 15 is 0 Å². The largest absolute Gasteiger partial charge is 0.379 e. The van der Waals surface area contributed by atoms with Crippen molar-refractivity contribution in [1.82, 2.24) is 14.9 Å². The Morgan fingerprint density at radius 3 is 3.11 bits per heavy atom. The second kappa shape index (κ2) is 6.68. The Bertz CT molecular complexity index is 398. The Morgan fingerprint density at radius 2 is 2.37 bits per heavy atom. The van der Waals surface area contributed by atoms with Gasteiger partial charge < -0.3 is 19.9 Å². The van der Waals surface area contributed by atoms with Crippen molar-refractivity contribution in [2.45, 2.75) is 0 Å². The molecule has 0 radical (unpaired) electrons. The van der Waals surface area contributed by atoms with Crippen LogP contribution in [-0.2, 0) is 4.74 Å². The number of nitrogens with zero attached hydrogens (tertiary/aromatic N) is 4. The summed E-state index contributed by atoms with van der Waals surface area (Å²) in [6.07, 6.45) is 1.79. The summed E-state index contributed by atoms with van der Waals surface area (Å²) < 4.78 is 5.68. The van der Waals surface area contributed by atoms with Crippen molar-refractivity contribution in [2.75, 3.05) is 64.2 Å². The lowest BCUT2D eigenvalue weighted by molar-refractivity contribution is 0.113. The third-order valence-corrected chi connectivity index (χ3v) is 3.14. The summed E-state index contributed by atoms with van der Waals surface area (Å²) in [5, 5.41) is 3.05. The van der Waals surface area contributed by atoms with Gasteiger partial charge in [0.1, 0.15) is 5.82 Å². The Labute approximate surface area is 114 Å². The number of anilines is 2. The van der Waals surface area contributed by atoms with E-state index in [1.165, 1.54) is 0 Å². The highest BCUT2D eigenvalue weighted by Crippen LogP contribution is 2.15. The van der Waals surface area contributed by atoms with Crippen molar-refractivity contribution < 1.29 is 4.74 Å². The summed E-state index contributed by atoms with van der Waals surface area (Å²) in [7, 11) is 6.05. The van der Waals surface area contributed by atoms with Crippen molar-refractivity contribution in [1.29, 1.82) is 0 Å². The molecule has 0 aromatic carbocycles. The highest BCUT2D eigenvalue weighted by molar-refractivity contribution is 5.40. The van der Waals surface area contributed by atoms with Crippen LogP contribution in [0.2, 0.25) is 0 Å². The molecule has 0 saturated carbocycles. The fraction of sp³-hybridized carbons (Fsp3) is 0.692. The van der Waals surface area contributed by atoms with Gasteiger partial charge in [0.2, 0.25) is 5.95 Å². The zero-order chi connectivity index (χ0) is 13.7. The van der Waals surface area contributed by atoms with E-state index in [4.69, 9.17) is 4.74 Å². The van der Waals surface area contributed by atoms with Crippen LogP contribution in [0, 0.1) is 5.92 Å². The molecule has 1 aliphatic heterocycles. The minimum Gasteiger partial charge on any atom is -0.379 e. The molecule has 0 amide bonds. The van der Waals surface area contributed by atoms with Gasteiger partial charge in [-0.3, -0.25) is 0 Å². The first kappa shape index (κ1) is 14.0. The average molecular weight is 265 g/mol. The lowest BCUT2D eigenvalue weighted by atomic mass is 10.1. The maximum atomic E-state index is 5.68. The summed E-state index contributed by atoms with van der Waals surface area (Å²) in [6.45, 7) is 4.34. The van der Waals surface area contributed by atoms with Crippen LogP contribution in [0.15, 0.2) is 12.3 Å². The maximum Gasteiger partial charge on any atom is 0.227 e. The van der Waals surface area contributed by atoms with Crippen molar-refractivity contribution in [3.63, 3.8) is 0 Å². The van der Waals surface area contributed by atoms with Gasteiger partial charge in [-0.05, 0) is 20.2 Å². The molecule has 6 nitrogen and oxygen atoms in total. The number of aromatic nitrogens is 2. The molecular weight excluding hydrogens is 242 g/mol. The van der Waals surface area contributed by atoms with E-state index in [1.54, 1.807) is 6.20 Å². The highest BCUT2D eigenvalue weighted by Gasteiger charge is 2.21. The van der Waals surface area contributed by atoms with Gasteiger partial charge in [0, 0.05) is 38.8 Å². The fourth-order valence-corrected chi connectivity index (χ4v) is 2.33. The van der Waals surface area contributed by atoms with Crippen LogP contribution in [0.5, 0.6) is 0 Å². The van der Waals surface area contributed by atoms with Gasteiger partial charge in [-0.1, -0.05) is 0 Å². The molecule has 1 aromatic heterocycles. The number of hydrogen-bond donors (Lipinski definition) is 1. The van der Waals surface area contributed by atoms with Crippen LogP contribution in [0.4, 0.5) is 11.8 Å². The molecule has 1 aromatic rings. The normalized spacial score (nSPS) is 20.4. The molecule has 6 heteroatoms. The van der Waals surface area contributed by atoms with Crippen molar-refractivity contribution in [3.05, 3.63) is 12.3 Å². The smallest absolute Gasteiger partial charge is 0.227 e. The van der Waals surface area contributed by atoms with Gasteiger partial charge >= 0.3 is 0 Å². The molecule has 1 unspecified atom stereocenters. The average Bonchev–Trinajstić information content (AvgIpc) is 2.64. The summed E-state index contributed by atoms with van der Waals surface area (Å²) in [6, 6.07) is 1.87. The van der Waals surface area contributed by atoms with Crippen LogP contribution in [0.25, 0.3) is 0 Å². The number of rotatable bonds is 4. The molecule has 0 bridgehead atoms. The second-order valence-electron chi connectivity index (χ2n) is 5.14. The first-order valence-corrected chi connectivity index (χ1v) is 6.67. The van der Waals surface area contributed by atoms with Gasteiger partial charge in [0.05, 0.1) is 13.2 Å². The van der Waals surface area contributed by atoms with E-state index in [-0.39, 0.29) is 0 Å². The Kier molecular flexibility index (Phi) is 4.93. The van der Waals surface area contributed by atoms with Gasteiger partial charge in [0.15, 0.2) is 0 Å². The van der Waals surface area contributed by atoms with Gasteiger partial charge in [-0.15, -0.1) is 0 Å². The third kappa shape index (κ3) is 4.04. The van der Waals surface area contributed by atoms with Crippen LogP contribution in [-0.4, -0.2) is 68.9 Å². The van der Waals surface area contributed by atoms with Gasteiger partial charge in [-0.25, -0.2) is 4.98 Å². The molecule has 106 valence electrons. The minimum absolute atomic E-state index is 0.486. The molecule has 0 spiro atoms. The lowest BCUT2D eigenvalue weighted by Gasteiger charge is -2.25. The number of hydrogen-bond acceptors (Lipinski definition) is 6. The van der Waals surface area contributed by atoms with Crippen molar-refractivity contribution in [3.8, 4) is 0 Å². The Balaban J connectivity index is 2.08. The van der Waals surface area contributed by atoms with Crippen LogP contribution < -0.4 is 10.2 Å². The summed E-state index contributed by atoms with van der Waals surface area (Å²) in [5.41, 5.74) is 0. The quantitative estimate of drug-likeness (QED) is 0.857. The van der Waals surface area contributed by atoms with E-state index in [0.29, 0.717) is 5.92 Å². The predicted octanol–water partition coefficient (Wildman–Crippen LogP) is 0.533. The predicted molar refractivity (Wildman–Crippen MR) is 76.7 cm³/mol. The molecule has 0 aliphatic carbocycles. The van der Waals surface area contributed by atoms with Crippen LogP contribution in [0.3, 0.4) is 0 Å². The van der Waals surface area contributed by atoms with Crippen LogP contribution in [0.1, 0.15) is 0 Å². The van der Waals surface area contributed by atoms with E-state index in [1.807, 2.05) is 13.1 Å². The van der Waals surface area contributed by atoms with E-state index < -0.39 is 0 Å². The van der Waals surface area contributed by atoms with E-state index in [2.05, 4.69) is 39.2 Å². The number of ether oxygens (including phenoxy) is 1. The van der Waals surface area contributed by atoms with Crippen molar-refractivity contribution >= 4 is 11.8 Å².